The summed E-state index contributed by atoms with van der Waals surface area (Å²) in [6.07, 6.45) is 5.36. The van der Waals surface area contributed by atoms with Gasteiger partial charge in [-0.15, -0.1) is 24.8 Å². The van der Waals surface area contributed by atoms with Gasteiger partial charge in [0, 0.05) is 25.0 Å². The number of aryl methyl sites for hydroxylation is 1. The smallest absolute Gasteiger partial charge is 0.158 e. The molecule has 0 atom stereocenters. The second-order valence-electron chi connectivity index (χ2n) is 8.18. The summed E-state index contributed by atoms with van der Waals surface area (Å²) >= 11 is 0. The van der Waals surface area contributed by atoms with E-state index in [1.807, 2.05) is 61.7 Å². The normalized spacial score (nSPS) is 13.3. The number of nitrogens with two attached hydrogens (primary N) is 1. The maximum atomic E-state index is 9.47. The molecule has 0 amide bonds. The number of fused-ring (bicyclic) bond motifs is 1. The number of benzene rings is 2. The lowest BCUT2D eigenvalue weighted by atomic mass is 9.98. The lowest BCUT2D eigenvalue weighted by molar-refractivity contribution is 0.478. The Morgan fingerprint density at radius 3 is 2.68 bits per heavy atom. The third-order valence-corrected chi connectivity index (χ3v) is 5.94. The van der Waals surface area contributed by atoms with Gasteiger partial charge in [-0.3, -0.25) is 0 Å². The summed E-state index contributed by atoms with van der Waals surface area (Å²) in [5.41, 5.74) is 10.1. The molecule has 4 aromatic rings. The number of aromatic nitrogens is 3. The summed E-state index contributed by atoms with van der Waals surface area (Å²) in [5.74, 6) is 2.25. The highest BCUT2D eigenvalue weighted by Gasteiger charge is 2.45. The van der Waals surface area contributed by atoms with Crippen LogP contribution >= 0.6 is 24.8 Å². The molecule has 1 aliphatic carbocycles. The van der Waals surface area contributed by atoms with Crippen molar-refractivity contribution in [2.75, 3.05) is 11.9 Å². The van der Waals surface area contributed by atoms with Gasteiger partial charge in [0.2, 0.25) is 0 Å². The van der Waals surface area contributed by atoms with Gasteiger partial charge in [0.25, 0.3) is 0 Å². The minimum absolute atomic E-state index is 0. The lowest BCUT2D eigenvalue weighted by Gasteiger charge is -2.14. The van der Waals surface area contributed by atoms with Crippen molar-refractivity contribution in [1.82, 2.24) is 14.5 Å². The van der Waals surface area contributed by atoms with Crippen LogP contribution in [-0.2, 0) is 12.0 Å². The summed E-state index contributed by atoms with van der Waals surface area (Å²) in [6.45, 7) is 3.25. The molecule has 9 heteroatoms. The van der Waals surface area contributed by atoms with Crippen LogP contribution in [0, 0.1) is 18.3 Å². The van der Waals surface area contributed by atoms with Crippen molar-refractivity contribution in [3.8, 4) is 17.6 Å². The molecule has 0 aliphatic heterocycles. The van der Waals surface area contributed by atoms with Crippen LogP contribution in [0.5, 0.6) is 11.5 Å². The Morgan fingerprint density at radius 2 is 1.97 bits per heavy atom. The van der Waals surface area contributed by atoms with Crippen LogP contribution < -0.4 is 15.8 Å². The molecular weight excluding hydrogens is 471 g/mol. The number of anilines is 2. The Bertz CT molecular complexity index is 1340. The van der Waals surface area contributed by atoms with Gasteiger partial charge in [0.15, 0.2) is 5.82 Å². The first-order chi connectivity index (χ1) is 15.6. The molecule has 0 saturated heterocycles. The second-order valence-corrected chi connectivity index (χ2v) is 8.18. The van der Waals surface area contributed by atoms with Gasteiger partial charge in [-0.1, -0.05) is 12.1 Å². The van der Waals surface area contributed by atoms with Gasteiger partial charge in [-0.25, -0.2) is 9.97 Å². The van der Waals surface area contributed by atoms with Gasteiger partial charge in [0.05, 0.1) is 17.0 Å². The van der Waals surface area contributed by atoms with E-state index < -0.39 is 0 Å². The van der Waals surface area contributed by atoms with Crippen LogP contribution in [0.1, 0.15) is 24.0 Å². The predicted octanol–water partition coefficient (Wildman–Crippen LogP) is 5.63. The Balaban J connectivity index is 0.00000162. The molecule has 1 aliphatic rings. The molecule has 0 unspecified atom stereocenters. The van der Waals surface area contributed by atoms with Crippen LogP contribution in [0.15, 0.2) is 61.1 Å². The summed E-state index contributed by atoms with van der Waals surface area (Å²) in [6, 6.07) is 18.2. The van der Waals surface area contributed by atoms with E-state index in [1.54, 1.807) is 6.33 Å². The molecule has 5 rings (SSSR count). The Kier molecular flexibility index (Phi) is 7.68. The molecule has 0 spiro atoms. The van der Waals surface area contributed by atoms with E-state index in [1.165, 1.54) is 0 Å². The molecule has 1 fully saturated rings. The van der Waals surface area contributed by atoms with Crippen molar-refractivity contribution in [2.24, 2.45) is 5.73 Å². The zero-order chi connectivity index (χ0) is 22.1. The summed E-state index contributed by atoms with van der Waals surface area (Å²) in [5, 5.41) is 12.9. The number of ether oxygens (including phenoxy) is 1. The van der Waals surface area contributed by atoms with E-state index in [0.29, 0.717) is 13.1 Å². The van der Waals surface area contributed by atoms with E-state index in [0.717, 1.165) is 58.0 Å². The number of nitrogens with zero attached hydrogens (tertiary/aromatic N) is 4. The fourth-order valence-corrected chi connectivity index (χ4v) is 4.00. The number of hydrogen-bond acceptors (Lipinski definition) is 6. The molecule has 34 heavy (non-hydrogen) atoms. The van der Waals surface area contributed by atoms with Gasteiger partial charge < -0.3 is 20.4 Å². The van der Waals surface area contributed by atoms with Crippen LogP contribution in [0.2, 0.25) is 0 Å². The van der Waals surface area contributed by atoms with Gasteiger partial charge in [-0.2, -0.15) is 5.26 Å². The molecule has 2 aromatic heterocycles. The third kappa shape index (κ3) is 4.80. The van der Waals surface area contributed by atoms with Crippen LogP contribution in [-0.4, -0.2) is 21.1 Å². The van der Waals surface area contributed by atoms with Crippen molar-refractivity contribution in [3.05, 3.63) is 72.2 Å². The molecule has 3 N–H and O–H groups in total. The van der Waals surface area contributed by atoms with Crippen molar-refractivity contribution < 1.29 is 4.74 Å². The predicted molar refractivity (Wildman–Crippen MR) is 139 cm³/mol. The first kappa shape index (κ1) is 25.3. The van der Waals surface area contributed by atoms with Crippen LogP contribution in [0.3, 0.4) is 0 Å². The standard InChI is InChI=1S/C25H24N6O.2ClH/c1-17-13-19(30-24-23-21(28-16-29-24)7-11-31(23)12-10-26)5-6-22(17)32-20-4-2-3-18(14-20)25(15-27)8-9-25;;/h2-7,11,13-14,16H,8-10,12,26H2,1H3,(H,28,29,30);2*1H. The monoisotopic (exact) mass is 496 g/mol. The van der Waals surface area contributed by atoms with E-state index in [9.17, 15) is 5.26 Å². The van der Waals surface area contributed by atoms with Crippen LogP contribution in [0.25, 0.3) is 11.0 Å². The average molecular weight is 497 g/mol. The fraction of sp³-hybridized carbons (Fsp3) is 0.240. The van der Waals surface area contributed by atoms with E-state index >= 15 is 0 Å². The van der Waals surface area contributed by atoms with E-state index in [2.05, 4.69) is 25.9 Å². The fourth-order valence-electron chi connectivity index (χ4n) is 4.00. The Morgan fingerprint density at radius 1 is 1.15 bits per heavy atom. The molecular formula is C25H26Cl2N6O. The highest BCUT2D eigenvalue weighted by atomic mass is 35.5. The maximum Gasteiger partial charge on any atom is 0.158 e. The minimum atomic E-state index is -0.327. The Labute approximate surface area is 210 Å². The molecule has 1 saturated carbocycles. The molecule has 2 aromatic carbocycles. The average Bonchev–Trinajstić information content (AvgIpc) is 3.51. The molecule has 0 bridgehead atoms. The molecule has 7 nitrogen and oxygen atoms in total. The number of rotatable bonds is 7. The van der Waals surface area contributed by atoms with E-state index in [-0.39, 0.29) is 30.2 Å². The first-order valence-electron chi connectivity index (χ1n) is 10.7. The zero-order valence-corrected chi connectivity index (χ0v) is 20.3. The molecule has 2 heterocycles. The van der Waals surface area contributed by atoms with Gasteiger partial charge >= 0.3 is 0 Å². The highest BCUT2D eigenvalue weighted by Crippen LogP contribution is 2.48. The van der Waals surface area contributed by atoms with E-state index in [4.69, 9.17) is 10.5 Å². The molecule has 0 radical (unpaired) electrons. The topological polar surface area (TPSA) is 102 Å². The van der Waals surface area contributed by atoms with Gasteiger partial charge in [0.1, 0.15) is 23.3 Å². The van der Waals surface area contributed by atoms with Crippen LogP contribution in [0.4, 0.5) is 11.5 Å². The number of hydrogen-bond donors (Lipinski definition) is 2. The van der Waals surface area contributed by atoms with Crippen molar-refractivity contribution >= 4 is 47.4 Å². The summed E-state index contributed by atoms with van der Waals surface area (Å²) in [7, 11) is 0. The number of nitriles is 1. The number of halogens is 2. The quantitative estimate of drug-likeness (QED) is 0.343. The second kappa shape index (κ2) is 10.3. The SMILES string of the molecule is Cc1cc(Nc2ncnc3ccn(CCN)c23)ccc1Oc1cccc(C2(C#N)CC2)c1.Cl.Cl. The van der Waals surface area contributed by atoms with Gasteiger partial charge in [-0.05, 0) is 67.3 Å². The Hall–Kier alpha value is -3.31. The van der Waals surface area contributed by atoms with Crippen molar-refractivity contribution in [2.45, 2.75) is 31.7 Å². The number of nitrogens with one attached hydrogen (secondary N) is 1. The summed E-state index contributed by atoms with van der Waals surface area (Å²) in [4.78, 5) is 8.79. The highest BCUT2D eigenvalue weighted by molar-refractivity contribution is 5.88. The maximum absolute atomic E-state index is 9.47. The zero-order valence-electron chi connectivity index (χ0n) is 18.7. The largest absolute Gasteiger partial charge is 0.457 e. The third-order valence-electron chi connectivity index (χ3n) is 5.94. The minimum Gasteiger partial charge on any atom is -0.457 e. The first-order valence-corrected chi connectivity index (χ1v) is 10.7. The van der Waals surface area contributed by atoms with Crippen molar-refractivity contribution in [1.29, 1.82) is 5.26 Å². The lowest BCUT2D eigenvalue weighted by Crippen LogP contribution is -2.10. The van der Waals surface area contributed by atoms with Crippen molar-refractivity contribution in [3.63, 3.8) is 0 Å². The molecule has 176 valence electrons. The summed E-state index contributed by atoms with van der Waals surface area (Å²) < 4.78 is 8.21.